The maximum atomic E-state index is 13.0. The van der Waals surface area contributed by atoms with Crippen molar-refractivity contribution in [2.45, 2.75) is 19.4 Å². The van der Waals surface area contributed by atoms with Gasteiger partial charge in [0.15, 0.2) is 0 Å². The number of ketones is 1. The molecule has 0 saturated carbocycles. The van der Waals surface area contributed by atoms with Crippen LogP contribution in [0.3, 0.4) is 0 Å². The van der Waals surface area contributed by atoms with Crippen molar-refractivity contribution in [1.29, 1.82) is 0 Å². The molecule has 7 nitrogen and oxygen atoms in total. The largest absolute Gasteiger partial charge is 0.507 e. The lowest BCUT2D eigenvalue weighted by atomic mass is 9.95. The molecule has 1 aliphatic rings. The van der Waals surface area contributed by atoms with Crippen LogP contribution in [0.1, 0.15) is 30.5 Å². The molecule has 0 aliphatic carbocycles. The Kier molecular flexibility index (Phi) is 7.53. The molecule has 0 aromatic heterocycles. The summed E-state index contributed by atoms with van der Waals surface area (Å²) in [6.07, 6.45) is 0.897. The van der Waals surface area contributed by atoms with Crippen molar-refractivity contribution in [3.8, 4) is 11.5 Å². The molecule has 7 heteroatoms. The van der Waals surface area contributed by atoms with Gasteiger partial charge in [-0.2, -0.15) is 0 Å². The van der Waals surface area contributed by atoms with Gasteiger partial charge in [0.1, 0.15) is 17.3 Å². The van der Waals surface area contributed by atoms with Gasteiger partial charge in [-0.25, -0.2) is 0 Å². The molecule has 1 atom stereocenters. The second kappa shape index (κ2) is 10.3. The van der Waals surface area contributed by atoms with Crippen LogP contribution in [0.25, 0.3) is 5.76 Å². The lowest BCUT2D eigenvalue weighted by molar-refractivity contribution is -0.140. The number of likely N-dealkylation sites (tertiary alicyclic amines) is 1. The van der Waals surface area contributed by atoms with Gasteiger partial charge in [0.2, 0.25) is 0 Å². The maximum Gasteiger partial charge on any atom is 0.295 e. The Morgan fingerprint density at radius 3 is 2.22 bits per heavy atom. The van der Waals surface area contributed by atoms with Crippen LogP contribution in [0.5, 0.6) is 11.5 Å². The van der Waals surface area contributed by atoms with Crippen molar-refractivity contribution in [1.82, 2.24) is 9.80 Å². The average molecular weight is 439 g/mol. The third kappa shape index (κ3) is 4.94. The molecule has 3 rings (SSSR count). The average Bonchev–Trinajstić information content (AvgIpc) is 3.06. The molecule has 2 aromatic carbocycles. The van der Waals surface area contributed by atoms with E-state index in [0.717, 1.165) is 17.7 Å². The topological polar surface area (TPSA) is 79.3 Å². The number of benzene rings is 2. The molecule has 1 aliphatic heterocycles. The Bertz CT molecular complexity index is 980. The number of carbonyl (C=O) groups excluding carboxylic acids is 2. The molecule has 170 valence electrons. The molecular weight excluding hydrogens is 408 g/mol. The van der Waals surface area contributed by atoms with Crippen LogP contribution in [0.15, 0.2) is 54.1 Å². The predicted molar refractivity (Wildman–Crippen MR) is 123 cm³/mol. The van der Waals surface area contributed by atoms with E-state index >= 15 is 0 Å². The number of aliphatic hydroxyl groups excluding tert-OH is 1. The first-order valence-corrected chi connectivity index (χ1v) is 10.7. The van der Waals surface area contributed by atoms with Crippen LogP contribution >= 0.6 is 0 Å². The number of likely N-dealkylation sites (N-methyl/N-ethyl adjacent to an activating group) is 1. The van der Waals surface area contributed by atoms with E-state index in [1.54, 1.807) is 31.4 Å². The predicted octanol–water partition coefficient (Wildman–Crippen LogP) is 3.47. The van der Waals surface area contributed by atoms with E-state index in [1.165, 1.54) is 4.90 Å². The zero-order valence-corrected chi connectivity index (χ0v) is 19.0. The molecule has 0 radical (unpaired) electrons. The van der Waals surface area contributed by atoms with Gasteiger partial charge in [0.05, 0.1) is 25.3 Å². The van der Waals surface area contributed by atoms with Gasteiger partial charge in [-0.3, -0.25) is 9.59 Å². The molecular formula is C25H30N2O5. The minimum absolute atomic E-state index is 0.0844. The Labute approximate surface area is 188 Å². The standard InChI is InChI=1S/C25H30N2O5/c1-5-16-32-20-12-6-17(7-13-20)22-21(23(28)18-8-10-19(31-4)11-9-18)24(29)25(30)27(22)15-14-26(2)3/h6-13,22,28H,5,14-16H2,1-4H3/b23-21+. The summed E-state index contributed by atoms with van der Waals surface area (Å²) < 4.78 is 10.8. The summed E-state index contributed by atoms with van der Waals surface area (Å²) in [5.41, 5.74) is 1.27. The highest BCUT2D eigenvalue weighted by molar-refractivity contribution is 6.46. The number of carbonyl (C=O) groups is 2. The van der Waals surface area contributed by atoms with E-state index in [0.29, 0.717) is 31.0 Å². The molecule has 1 amide bonds. The fourth-order valence-electron chi connectivity index (χ4n) is 3.64. The third-order valence-electron chi connectivity index (χ3n) is 5.36. The Hall–Kier alpha value is -3.32. The number of nitrogens with zero attached hydrogens (tertiary/aromatic N) is 2. The van der Waals surface area contributed by atoms with Gasteiger partial charge in [-0.05, 0) is 62.5 Å². The van der Waals surface area contributed by atoms with Crippen LogP contribution in [-0.4, -0.2) is 67.5 Å². The summed E-state index contributed by atoms with van der Waals surface area (Å²) in [6, 6.07) is 13.4. The van der Waals surface area contributed by atoms with Crippen LogP contribution in [0.4, 0.5) is 0 Å². The number of aliphatic hydroxyl groups is 1. The molecule has 2 aromatic rings. The number of methoxy groups -OCH3 is 1. The normalized spacial score (nSPS) is 17.8. The Balaban J connectivity index is 2.05. The Morgan fingerprint density at radius 1 is 1.03 bits per heavy atom. The van der Waals surface area contributed by atoms with Crippen molar-refractivity contribution in [2.75, 3.05) is 40.9 Å². The van der Waals surface area contributed by atoms with Gasteiger partial charge in [-0.15, -0.1) is 0 Å². The van der Waals surface area contributed by atoms with Crippen molar-refractivity contribution >= 4 is 17.4 Å². The van der Waals surface area contributed by atoms with Crippen LogP contribution in [0.2, 0.25) is 0 Å². The summed E-state index contributed by atoms with van der Waals surface area (Å²) in [7, 11) is 5.37. The van der Waals surface area contributed by atoms with Crippen molar-refractivity contribution in [2.24, 2.45) is 0 Å². The van der Waals surface area contributed by atoms with E-state index in [1.807, 2.05) is 50.2 Å². The van der Waals surface area contributed by atoms with Crippen molar-refractivity contribution < 1.29 is 24.2 Å². The smallest absolute Gasteiger partial charge is 0.295 e. The second-order valence-electron chi connectivity index (χ2n) is 7.94. The molecule has 1 unspecified atom stereocenters. The quantitative estimate of drug-likeness (QED) is 0.367. The first-order chi connectivity index (χ1) is 15.4. The van der Waals surface area contributed by atoms with Crippen LogP contribution in [-0.2, 0) is 9.59 Å². The number of hydrogen-bond acceptors (Lipinski definition) is 6. The summed E-state index contributed by atoms with van der Waals surface area (Å²) in [5.74, 6) is -0.149. The van der Waals surface area contributed by atoms with E-state index in [-0.39, 0.29) is 11.3 Å². The highest BCUT2D eigenvalue weighted by atomic mass is 16.5. The number of hydrogen-bond donors (Lipinski definition) is 1. The molecule has 0 spiro atoms. The monoisotopic (exact) mass is 438 g/mol. The molecule has 32 heavy (non-hydrogen) atoms. The minimum atomic E-state index is -0.687. The number of amides is 1. The van der Waals surface area contributed by atoms with Gasteiger partial charge < -0.3 is 24.4 Å². The van der Waals surface area contributed by atoms with Gasteiger partial charge in [0, 0.05) is 18.7 Å². The summed E-state index contributed by atoms with van der Waals surface area (Å²) in [5, 5.41) is 11.1. The van der Waals surface area contributed by atoms with Crippen LogP contribution < -0.4 is 9.47 Å². The minimum Gasteiger partial charge on any atom is -0.507 e. The fourth-order valence-corrected chi connectivity index (χ4v) is 3.64. The number of ether oxygens (including phenoxy) is 2. The molecule has 1 heterocycles. The molecule has 1 N–H and O–H groups in total. The number of rotatable bonds is 9. The van der Waals surface area contributed by atoms with Crippen LogP contribution in [0, 0.1) is 0 Å². The number of Topliss-reactive ketones (excluding diaryl/α,β-unsaturated/α-hetero) is 1. The van der Waals surface area contributed by atoms with Crippen molar-refractivity contribution in [3.63, 3.8) is 0 Å². The highest BCUT2D eigenvalue weighted by Crippen LogP contribution is 2.39. The van der Waals surface area contributed by atoms with E-state index in [9.17, 15) is 14.7 Å². The van der Waals surface area contributed by atoms with E-state index in [2.05, 4.69) is 0 Å². The summed E-state index contributed by atoms with van der Waals surface area (Å²) >= 11 is 0. The maximum absolute atomic E-state index is 13.0. The van der Waals surface area contributed by atoms with Gasteiger partial charge in [0.25, 0.3) is 11.7 Å². The van der Waals surface area contributed by atoms with Gasteiger partial charge >= 0.3 is 0 Å². The lowest BCUT2D eigenvalue weighted by Gasteiger charge is -2.26. The molecule has 0 bridgehead atoms. The van der Waals surface area contributed by atoms with Crippen molar-refractivity contribution in [3.05, 3.63) is 65.2 Å². The molecule has 1 saturated heterocycles. The second-order valence-corrected chi connectivity index (χ2v) is 7.94. The Morgan fingerprint density at radius 2 is 1.66 bits per heavy atom. The lowest BCUT2D eigenvalue weighted by Crippen LogP contribution is -2.35. The molecule has 1 fully saturated rings. The highest BCUT2D eigenvalue weighted by Gasteiger charge is 2.45. The SMILES string of the molecule is CCCOc1ccc(C2/C(=C(\O)c3ccc(OC)cc3)C(=O)C(=O)N2CCN(C)C)cc1. The zero-order valence-electron chi connectivity index (χ0n) is 19.0. The van der Waals surface area contributed by atoms with E-state index < -0.39 is 17.7 Å². The first-order valence-electron chi connectivity index (χ1n) is 10.7. The zero-order chi connectivity index (χ0) is 23.3. The summed E-state index contributed by atoms with van der Waals surface area (Å²) in [6.45, 7) is 3.59. The third-order valence-corrected chi connectivity index (χ3v) is 5.36. The first kappa shape index (κ1) is 23.3. The summed E-state index contributed by atoms with van der Waals surface area (Å²) in [4.78, 5) is 29.4. The van der Waals surface area contributed by atoms with Gasteiger partial charge in [-0.1, -0.05) is 19.1 Å². The fraction of sp³-hybridized carbons (Fsp3) is 0.360. The van der Waals surface area contributed by atoms with E-state index in [4.69, 9.17) is 9.47 Å².